The molecule has 0 atom stereocenters. The molecule has 1 heterocycles. The lowest BCUT2D eigenvalue weighted by Gasteiger charge is -2.12. The number of anilines is 3. The molecule has 0 aliphatic heterocycles. The maximum absolute atomic E-state index is 13.5. The molecule has 4 nitrogen and oxygen atoms in total. The summed E-state index contributed by atoms with van der Waals surface area (Å²) in [6.07, 6.45) is 2.52. The maximum atomic E-state index is 13.5. The van der Waals surface area contributed by atoms with E-state index in [-0.39, 0.29) is 5.82 Å². The zero-order valence-corrected chi connectivity index (χ0v) is 12.0. The van der Waals surface area contributed by atoms with Crippen molar-refractivity contribution in [3.63, 3.8) is 0 Å². The number of hydrogen-bond donors (Lipinski definition) is 2. The molecule has 5 heteroatoms. The summed E-state index contributed by atoms with van der Waals surface area (Å²) in [6.45, 7) is 6.63. The van der Waals surface area contributed by atoms with Crippen molar-refractivity contribution in [2.45, 2.75) is 27.2 Å². The summed E-state index contributed by atoms with van der Waals surface area (Å²) in [4.78, 5) is 8.42. The van der Waals surface area contributed by atoms with Gasteiger partial charge in [0.05, 0.1) is 0 Å². The number of hydrogen-bond acceptors (Lipinski definition) is 4. The van der Waals surface area contributed by atoms with Gasteiger partial charge in [0.15, 0.2) is 0 Å². The molecule has 0 fully saturated rings. The highest BCUT2D eigenvalue weighted by Gasteiger charge is 2.07. The Morgan fingerprint density at radius 2 is 1.90 bits per heavy atom. The lowest BCUT2D eigenvalue weighted by molar-refractivity contribution is 0.619. The van der Waals surface area contributed by atoms with Crippen LogP contribution >= 0.6 is 0 Å². The third-order valence-electron chi connectivity index (χ3n) is 3.06. The lowest BCUT2D eigenvalue weighted by Crippen LogP contribution is -2.07. The molecule has 0 aliphatic carbocycles. The van der Waals surface area contributed by atoms with Crippen LogP contribution in [0.25, 0.3) is 0 Å². The largest absolute Gasteiger partial charge is 0.370 e. The van der Waals surface area contributed by atoms with Gasteiger partial charge in [-0.1, -0.05) is 13.0 Å². The van der Waals surface area contributed by atoms with Crippen LogP contribution in [0.15, 0.2) is 24.5 Å². The molecule has 0 saturated heterocycles. The van der Waals surface area contributed by atoms with Gasteiger partial charge in [0.1, 0.15) is 23.8 Å². The van der Waals surface area contributed by atoms with Gasteiger partial charge >= 0.3 is 0 Å². The Bertz CT molecular complexity index is 598. The number of nitrogens with zero attached hydrogens (tertiary/aromatic N) is 2. The van der Waals surface area contributed by atoms with E-state index < -0.39 is 0 Å². The molecule has 2 rings (SSSR count). The van der Waals surface area contributed by atoms with Gasteiger partial charge in [0.25, 0.3) is 0 Å². The Kier molecular flexibility index (Phi) is 4.50. The predicted molar refractivity (Wildman–Crippen MR) is 80.0 cm³/mol. The first-order chi connectivity index (χ1) is 9.61. The summed E-state index contributed by atoms with van der Waals surface area (Å²) in [5, 5.41) is 6.37. The van der Waals surface area contributed by atoms with Gasteiger partial charge in [0.2, 0.25) is 0 Å². The molecule has 0 spiro atoms. The van der Waals surface area contributed by atoms with E-state index in [1.165, 1.54) is 12.4 Å². The average molecular weight is 274 g/mol. The SMILES string of the molecule is CCCNc1ncnc(Nc2ccc(C)c(F)c2)c1C. The molecule has 106 valence electrons. The Balaban J connectivity index is 2.22. The van der Waals surface area contributed by atoms with E-state index in [4.69, 9.17) is 0 Å². The van der Waals surface area contributed by atoms with Gasteiger partial charge in [-0.3, -0.25) is 0 Å². The van der Waals surface area contributed by atoms with Crippen LogP contribution in [0.4, 0.5) is 21.7 Å². The predicted octanol–water partition coefficient (Wildman–Crippen LogP) is 3.80. The molecule has 2 N–H and O–H groups in total. The zero-order valence-electron chi connectivity index (χ0n) is 12.0. The number of nitrogens with one attached hydrogen (secondary N) is 2. The number of rotatable bonds is 5. The quantitative estimate of drug-likeness (QED) is 0.870. The summed E-state index contributed by atoms with van der Waals surface area (Å²) in [7, 11) is 0. The summed E-state index contributed by atoms with van der Waals surface area (Å²) < 4.78 is 13.5. The second-order valence-corrected chi connectivity index (χ2v) is 4.71. The van der Waals surface area contributed by atoms with E-state index in [9.17, 15) is 4.39 Å². The molecule has 0 saturated carbocycles. The fourth-order valence-electron chi connectivity index (χ4n) is 1.81. The van der Waals surface area contributed by atoms with Crippen molar-refractivity contribution < 1.29 is 4.39 Å². The van der Waals surface area contributed by atoms with Crippen LogP contribution in [0.3, 0.4) is 0 Å². The minimum absolute atomic E-state index is 0.231. The Morgan fingerprint density at radius 1 is 1.15 bits per heavy atom. The summed E-state index contributed by atoms with van der Waals surface area (Å²) in [6, 6.07) is 5.04. The van der Waals surface area contributed by atoms with Crippen LogP contribution in [0.5, 0.6) is 0 Å². The molecular weight excluding hydrogens is 255 g/mol. The third kappa shape index (κ3) is 3.23. The molecule has 0 aliphatic rings. The summed E-state index contributed by atoms with van der Waals surface area (Å²) in [5.74, 6) is 1.25. The summed E-state index contributed by atoms with van der Waals surface area (Å²) >= 11 is 0. The minimum atomic E-state index is -0.231. The molecule has 20 heavy (non-hydrogen) atoms. The molecule has 1 aromatic heterocycles. The molecule has 1 aromatic carbocycles. The van der Waals surface area contributed by atoms with E-state index >= 15 is 0 Å². The Labute approximate surface area is 118 Å². The molecule has 2 aromatic rings. The second-order valence-electron chi connectivity index (χ2n) is 4.71. The van der Waals surface area contributed by atoms with Crippen molar-refractivity contribution in [3.05, 3.63) is 41.5 Å². The van der Waals surface area contributed by atoms with Crippen LogP contribution in [0.2, 0.25) is 0 Å². The van der Waals surface area contributed by atoms with Gasteiger partial charge in [-0.25, -0.2) is 14.4 Å². The average Bonchev–Trinajstić information content (AvgIpc) is 2.44. The highest BCUT2D eigenvalue weighted by Crippen LogP contribution is 2.23. The third-order valence-corrected chi connectivity index (χ3v) is 3.06. The monoisotopic (exact) mass is 274 g/mol. The van der Waals surface area contributed by atoms with Crippen molar-refractivity contribution in [2.24, 2.45) is 0 Å². The van der Waals surface area contributed by atoms with Gasteiger partial charge in [0, 0.05) is 17.8 Å². The fourth-order valence-corrected chi connectivity index (χ4v) is 1.81. The van der Waals surface area contributed by atoms with Crippen molar-refractivity contribution in [1.29, 1.82) is 0 Å². The smallest absolute Gasteiger partial charge is 0.138 e. The summed E-state index contributed by atoms with van der Waals surface area (Å²) in [5.41, 5.74) is 2.22. The first kappa shape index (κ1) is 14.2. The lowest BCUT2D eigenvalue weighted by atomic mass is 10.2. The van der Waals surface area contributed by atoms with Crippen LogP contribution in [0, 0.1) is 19.7 Å². The Hall–Kier alpha value is -2.17. The van der Waals surface area contributed by atoms with Crippen LogP contribution in [0.1, 0.15) is 24.5 Å². The van der Waals surface area contributed by atoms with Crippen LogP contribution in [-0.2, 0) is 0 Å². The first-order valence-corrected chi connectivity index (χ1v) is 6.70. The zero-order chi connectivity index (χ0) is 14.5. The molecule has 0 unspecified atom stereocenters. The van der Waals surface area contributed by atoms with Crippen LogP contribution < -0.4 is 10.6 Å². The molecule has 0 radical (unpaired) electrons. The highest BCUT2D eigenvalue weighted by molar-refractivity contribution is 5.64. The van der Waals surface area contributed by atoms with Crippen molar-refractivity contribution >= 4 is 17.3 Å². The van der Waals surface area contributed by atoms with E-state index in [1.807, 2.05) is 13.0 Å². The standard InChI is InChI=1S/C15H19FN4/c1-4-7-17-14-11(3)15(19-9-18-14)20-12-6-5-10(2)13(16)8-12/h5-6,8-9H,4,7H2,1-3H3,(H2,17,18,19,20). The van der Waals surface area contributed by atoms with E-state index in [0.717, 1.165) is 24.3 Å². The van der Waals surface area contributed by atoms with E-state index in [0.29, 0.717) is 17.1 Å². The minimum Gasteiger partial charge on any atom is -0.370 e. The van der Waals surface area contributed by atoms with Crippen molar-refractivity contribution in [3.8, 4) is 0 Å². The van der Waals surface area contributed by atoms with E-state index in [1.54, 1.807) is 13.0 Å². The molecular formula is C15H19FN4. The Morgan fingerprint density at radius 3 is 2.60 bits per heavy atom. The van der Waals surface area contributed by atoms with Gasteiger partial charge in [-0.05, 0) is 38.0 Å². The van der Waals surface area contributed by atoms with Gasteiger partial charge in [-0.2, -0.15) is 0 Å². The number of benzene rings is 1. The number of aromatic nitrogens is 2. The normalized spacial score (nSPS) is 10.4. The fraction of sp³-hybridized carbons (Fsp3) is 0.333. The van der Waals surface area contributed by atoms with Crippen molar-refractivity contribution in [2.75, 3.05) is 17.2 Å². The van der Waals surface area contributed by atoms with E-state index in [2.05, 4.69) is 27.5 Å². The van der Waals surface area contributed by atoms with Gasteiger partial charge in [-0.15, -0.1) is 0 Å². The maximum Gasteiger partial charge on any atom is 0.138 e. The number of halogens is 1. The molecule has 0 amide bonds. The van der Waals surface area contributed by atoms with Crippen LogP contribution in [-0.4, -0.2) is 16.5 Å². The molecule has 0 bridgehead atoms. The highest BCUT2D eigenvalue weighted by atomic mass is 19.1. The van der Waals surface area contributed by atoms with Crippen molar-refractivity contribution in [1.82, 2.24) is 9.97 Å². The number of aryl methyl sites for hydroxylation is 1. The van der Waals surface area contributed by atoms with Gasteiger partial charge < -0.3 is 10.6 Å². The first-order valence-electron chi connectivity index (χ1n) is 6.70. The second kappa shape index (κ2) is 6.32. The topological polar surface area (TPSA) is 49.8 Å².